The average molecular weight is 454 g/mol. The SMILES string of the molecule is COc1cc2c(cc1OC)C(=N)N(CCNC(=O)c1cc(-c3ccccc3)on1)C(S)N2. The first-order valence-electron chi connectivity index (χ1n) is 9.88. The van der Waals surface area contributed by atoms with E-state index in [-0.39, 0.29) is 24.0 Å². The normalized spacial score (nSPS) is 15.0. The standard InChI is InChI=1S/C22H23N5O4S/c1-29-18-10-14-15(11-19(18)30-2)25-22(32)27(20(14)23)9-8-24-21(28)16-12-17(31-26-16)13-6-4-3-5-7-13/h3-7,10-12,22-23,25,32H,8-9H2,1-2H3,(H,24,28). The van der Waals surface area contributed by atoms with Crippen LogP contribution in [0.1, 0.15) is 16.1 Å². The second kappa shape index (κ2) is 9.23. The van der Waals surface area contributed by atoms with Crippen molar-refractivity contribution in [3.63, 3.8) is 0 Å². The van der Waals surface area contributed by atoms with E-state index in [2.05, 4.69) is 28.4 Å². The summed E-state index contributed by atoms with van der Waals surface area (Å²) in [5.74, 6) is 1.53. The van der Waals surface area contributed by atoms with Gasteiger partial charge >= 0.3 is 0 Å². The van der Waals surface area contributed by atoms with Crippen LogP contribution in [0.15, 0.2) is 53.1 Å². The summed E-state index contributed by atoms with van der Waals surface area (Å²) in [5, 5.41) is 18.5. The Morgan fingerprint density at radius 2 is 1.94 bits per heavy atom. The molecule has 0 fully saturated rings. The second-order valence-corrected chi connectivity index (χ2v) is 7.50. The van der Waals surface area contributed by atoms with E-state index in [0.717, 1.165) is 11.3 Å². The molecule has 1 aliphatic rings. The molecule has 1 unspecified atom stereocenters. The fraction of sp³-hybridized carbons (Fsp3) is 0.227. The molecule has 1 atom stereocenters. The number of methoxy groups -OCH3 is 2. The topological polar surface area (TPSA) is 113 Å². The predicted molar refractivity (Wildman–Crippen MR) is 124 cm³/mol. The molecule has 2 aromatic carbocycles. The van der Waals surface area contributed by atoms with E-state index in [0.29, 0.717) is 29.4 Å². The molecule has 3 N–H and O–H groups in total. The lowest BCUT2D eigenvalue weighted by Crippen LogP contribution is -2.48. The van der Waals surface area contributed by atoms with Crippen molar-refractivity contribution >= 4 is 30.1 Å². The Labute approximate surface area is 190 Å². The van der Waals surface area contributed by atoms with E-state index >= 15 is 0 Å². The molecule has 2 heterocycles. The third kappa shape index (κ3) is 4.22. The Morgan fingerprint density at radius 3 is 2.66 bits per heavy atom. The number of rotatable bonds is 7. The van der Waals surface area contributed by atoms with Crippen molar-refractivity contribution in [1.29, 1.82) is 5.41 Å². The summed E-state index contributed by atoms with van der Waals surface area (Å²) in [5.41, 5.74) is 1.98. The number of carbonyl (C=O) groups is 1. The summed E-state index contributed by atoms with van der Waals surface area (Å²) < 4.78 is 16.0. The maximum atomic E-state index is 12.5. The van der Waals surface area contributed by atoms with Gasteiger partial charge in [0.2, 0.25) is 0 Å². The summed E-state index contributed by atoms with van der Waals surface area (Å²) in [4.78, 5) is 14.2. The maximum absolute atomic E-state index is 12.5. The first-order chi connectivity index (χ1) is 15.5. The number of thiol groups is 1. The minimum absolute atomic E-state index is 0.195. The van der Waals surface area contributed by atoms with E-state index < -0.39 is 5.50 Å². The molecule has 1 aliphatic heterocycles. The summed E-state index contributed by atoms with van der Waals surface area (Å²) in [6.07, 6.45) is 0. The molecule has 4 rings (SSSR count). The Morgan fingerprint density at radius 1 is 1.22 bits per heavy atom. The lowest BCUT2D eigenvalue weighted by atomic mass is 10.1. The van der Waals surface area contributed by atoms with Gasteiger partial charge in [-0.05, 0) is 6.07 Å². The van der Waals surface area contributed by atoms with Crippen LogP contribution < -0.4 is 20.1 Å². The van der Waals surface area contributed by atoms with E-state index in [1.807, 2.05) is 30.3 Å². The van der Waals surface area contributed by atoms with Gasteiger partial charge in [0.05, 0.1) is 19.9 Å². The van der Waals surface area contributed by atoms with Gasteiger partial charge in [-0.1, -0.05) is 35.5 Å². The number of carbonyl (C=O) groups excluding carboxylic acids is 1. The van der Waals surface area contributed by atoms with Crippen molar-refractivity contribution in [3.05, 3.63) is 59.8 Å². The van der Waals surface area contributed by atoms with Crippen molar-refractivity contribution in [3.8, 4) is 22.8 Å². The molecule has 1 aromatic heterocycles. The summed E-state index contributed by atoms with van der Waals surface area (Å²) in [6.45, 7) is 0.652. The van der Waals surface area contributed by atoms with Crippen LogP contribution in [0.5, 0.6) is 11.5 Å². The van der Waals surface area contributed by atoms with Crippen molar-refractivity contribution in [1.82, 2.24) is 15.4 Å². The highest BCUT2D eigenvalue weighted by atomic mass is 32.1. The number of amidine groups is 1. The molecule has 10 heteroatoms. The zero-order chi connectivity index (χ0) is 22.7. The van der Waals surface area contributed by atoms with E-state index in [1.165, 1.54) is 0 Å². The zero-order valence-corrected chi connectivity index (χ0v) is 18.5. The number of ether oxygens (including phenoxy) is 2. The van der Waals surface area contributed by atoms with Gasteiger partial charge in [0.15, 0.2) is 23.0 Å². The van der Waals surface area contributed by atoms with Crippen LogP contribution >= 0.6 is 12.6 Å². The molecule has 166 valence electrons. The quantitative estimate of drug-likeness (QED) is 0.407. The molecular formula is C22H23N5O4S. The van der Waals surface area contributed by atoms with Gasteiger partial charge in [0, 0.05) is 36.3 Å². The molecule has 0 bridgehead atoms. The summed E-state index contributed by atoms with van der Waals surface area (Å²) in [6, 6.07) is 14.6. The van der Waals surface area contributed by atoms with Crippen LogP contribution in [-0.4, -0.2) is 54.6 Å². The molecule has 3 aromatic rings. The number of hydrogen-bond acceptors (Lipinski definition) is 8. The summed E-state index contributed by atoms with van der Waals surface area (Å²) >= 11 is 4.55. The van der Waals surface area contributed by atoms with Gasteiger partial charge < -0.3 is 29.5 Å². The molecule has 9 nitrogen and oxygen atoms in total. The number of anilines is 1. The minimum atomic E-state index is -0.443. The molecule has 0 aliphatic carbocycles. The van der Waals surface area contributed by atoms with Crippen LogP contribution in [0, 0.1) is 5.41 Å². The summed E-state index contributed by atoms with van der Waals surface area (Å²) in [7, 11) is 3.11. The number of fused-ring (bicyclic) bond motifs is 1. The Kier molecular flexibility index (Phi) is 6.22. The fourth-order valence-corrected chi connectivity index (χ4v) is 3.79. The van der Waals surface area contributed by atoms with E-state index in [9.17, 15) is 4.79 Å². The van der Waals surface area contributed by atoms with Crippen molar-refractivity contribution in [2.45, 2.75) is 5.50 Å². The monoisotopic (exact) mass is 453 g/mol. The van der Waals surface area contributed by atoms with Crippen LogP contribution in [0.2, 0.25) is 0 Å². The number of amides is 1. The highest BCUT2D eigenvalue weighted by Gasteiger charge is 2.29. The molecule has 0 radical (unpaired) electrons. The van der Waals surface area contributed by atoms with E-state index in [4.69, 9.17) is 19.4 Å². The molecule has 0 spiro atoms. The minimum Gasteiger partial charge on any atom is -0.493 e. The van der Waals surface area contributed by atoms with Crippen LogP contribution in [0.25, 0.3) is 11.3 Å². The molecule has 1 amide bonds. The number of nitrogens with zero attached hydrogens (tertiary/aromatic N) is 2. The Bertz CT molecular complexity index is 1130. The van der Waals surface area contributed by atoms with Gasteiger partial charge in [-0.3, -0.25) is 10.2 Å². The number of nitrogens with one attached hydrogen (secondary N) is 3. The van der Waals surface area contributed by atoms with Crippen LogP contribution in [0.4, 0.5) is 5.69 Å². The van der Waals surface area contributed by atoms with E-state index in [1.54, 1.807) is 37.3 Å². The fourth-order valence-electron chi connectivity index (χ4n) is 3.42. The van der Waals surface area contributed by atoms with Gasteiger partial charge in [-0.15, -0.1) is 12.6 Å². The highest BCUT2D eigenvalue weighted by molar-refractivity contribution is 7.81. The number of aromatic nitrogens is 1. The van der Waals surface area contributed by atoms with Gasteiger partial charge in [-0.25, -0.2) is 0 Å². The number of benzene rings is 2. The first-order valence-corrected chi connectivity index (χ1v) is 10.4. The third-order valence-corrected chi connectivity index (χ3v) is 5.49. The average Bonchev–Trinajstić information content (AvgIpc) is 3.31. The molecule has 0 saturated carbocycles. The highest BCUT2D eigenvalue weighted by Crippen LogP contribution is 2.37. The van der Waals surface area contributed by atoms with Gasteiger partial charge in [-0.2, -0.15) is 0 Å². The van der Waals surface area contributed by atoms with Crippen molar-refractivity contribution < 1.29 is 18.8 Å². The molecule has 32 heavy (non-hydrogen) atoms. The predicted octanol–water partition coefficient (Wildman–Crippen LogP) is 3.06. The molecule has 0 saturated heterocycles. The van der Waals surface area contributed by atoms with Crippen LogP contribution in [-0.2, 0) is 0 Å². The zero-order valence-electron chi connectivity index (χ0n) is 17.6. The first kappa shape index (κ1) is 21.6. The van der Waals surface area contributed by atoms with Gasteiger partial charge in [0.1, 0.15) is 11.3 Å². The third-order valence-electron chi connectivity index (χ3n) is 5.09. The van der Waals surface area contributed by atoms with Crippen molar-refractivity contribution in [2.75, 3.05) is 32.6 Å². The van der Waals surface area contributed by atoms with Crippen LogP contribution in [0.3, 0.4) is 0 Å². The Hall–Kier alpha value is -3.66. The largest absolute Gasteiger partial charge is 0.493 e. The lowest BCUT2D eigenvalue weighted by Gasteiger charge is -2.37. The number of hydrogen-bond donors (Lipinski definition) is 4. The van der Waals surface area contributed by atoms with Crippen molar-refractivity contribution in [2.24, 2.45) is 0 Å². The molecular weight excluding hydrogens is 430 g/mol. The maximum Gasteiger partial charge on any atom is 0.273 e. The second-order valence-electron chi connectivity index (χ2n) is 7.01. The Balaban J connectivity index is 1.39. The smallest absolute Gasteiger partial charge is 0.273 e. The lowest BCUT2D eigenvalue weighted by molar-refractivity contribution is 0.0942. The van der Waals surface area contributed by atoms with Gasteiger partial charge in [0.25, 0.3) is 5.91 Å².